The van der Waals surface area contributed by atoms with Crippen molar-refractivity contribution in [3.8, 4) is 11.8 Å². The summed E-state index contributed by atoms with van der Waals surface area (Å²) >= 11 is 1.60. The molecule has 1 aromatic carbocycles. The number of thiazole rings is 1. The van der Waals surface area contributed by atoms with E-state index in [9.17, 15) is 4.79 Å². The maximum absolute atomic E-state index is 11.9. The lowest BCUT2D eigenvalue weighted by Gasteiger charge is -2.05. The number of carbonyl (C=O) groups excluding carboxylic acids is 1. The van der Waals surface area contributed by atoms with Gasteiger partial charge in [-0.15, -0.1) is 11.3 Å². The lowest BCUT2D eigenvalue weighted by molar-refractivity contribution is -0.117. The highest BCUT2D eigenvalue weighted by molar-refractivity contribution is 7.09. The Morgan fingerprint density at radius 2 is 2.21 bits per heavy atom. The van der Waals surface area contributed by atoms with E-state index in [-0.39, 0.29) is 17.5 Å². The molecule has 1 aliphatic carbocycles. The lowest BCUT2D eigenvalue weighted by atomic mass is 10.1. The second-order valence-corrected chi connectivity index (χ2v) is 6.70. The van der Waals surface area contributed by atoms with Gasteiger partial charge in [0, 0.05) is 11.4 Å². The van der Waals surface area contributed by atoms with Crippen molar-refractivity contribution in [2.24, 2.45) is 0 Å². The minimum Gasteiger partial charge on any atom is -0.487 e. The van der Waals surface area contributed by atoms with Crippen LogP contribution in [0.1, 0.15) is 29.1 Å². The van der Waals surface area contributed by atoms with Crippen LogP contribution in [0.2, 0.25) is 0 Å². The number of hydrogen-bond donors (Lipinski definition) is 1. The molecule has 0 bridgehead atoms. The zero-order valence-corrected chi connectivity index (χ0v) is 14.1. The summed E-state index contributed by atoms with van der Waals surface area (Å²) in [5, 5.41) is 15.0. The number of benzene rings is 1. The third kappa shape index (κ3) is 4.43. The average molecular weight is 339 g/mol. The molecular weight excluding hydrogens is 322 g/mol. The fourth-order valence-corrected chi connectivity index (χ4v) is 2.70. The van der Waals surface area contributed by atoms with Crippen molar-refractivity contribution in [2.45, 2.75) is 32.4 Å². The zero-order chi connectivity index (χ0) is 16.9. The fraction of sp³-hybridized carbons (Fsp3) is 0.278. The average Bonchev–Trinajstić information content (AvgIpc) is 3.30. The number of ether oxygens (including phenoxy) is 1. The summed E-state index contributed by atoms with van der Waals surface area (Å²) in [6.45, 7) is 2.38. The van der Waals surface area contributed by atoms with Crippen LogP contribution in [0.3, 0.4) is 0 Å². The van der Waals surface area contributed by atoms with Crippen molar-refractivity contribution < 1.29 is 9.53 Å². The van der Waals surface area contributed by atoms with Crippen LogP contribution in [0.5, 0.6) is 5.75 Å². The third-order valence-corrected chi connectivity index (χ3v) is 4.34. The number of hydrogen-bond acceptors (Lipinski definition) is 5. The summed E-state index contributed by atoms with van der Waals surface area (Å²) in [5.74, 6) is 0.415. The van der Waals surface area contributed by atoms with Crippen LogP contribution in [-0.2, 0) is 11.4 Å². The smallest absolute Gasteiger partial charge is 0.262 e. The molecule has 1 amide bonds. The number of aromatic nitrogens is 1. The number of nitrogens with one attached hydrogen (secondary N) is 1. The molecule has 1 fully saturated rings. The topological polar surface area (TPSA) is 75.0 Å². The SMILES string of the molecule is Cc1nc(COc2ccc(/C=C(\C#N)C(=O)NC3CC3)cc2)cs1. The molecule has 1 aliphatic rings. The summed E-state index contributed by atoms with van der Waals surface area (Å²) in [5.41, 5.74) is 1.81. The standard InChI is InChI=1S/C18H17N3O2S/c1-12-20-16(11-24-12)10-23-17-6-2-13(3-7-17)8-14(9-19)18(22)21-15-4-5-15/h2-3,6-8,11,15H,4-5,10H2,1H3,(H,21,22)/b14-8+. The molecule has 0 saturated heterocycles. The summed E-state index contributed by atoms with van der Waals surface area (Å²) in [4.78, 5) is 16.3. The number of nitriles is 1. The Morgan fingerprint density at radius 1 is 1.46 bits per heavy atom. The first-order chi connectivity index (χ1) is 11.6. The van der Waals surface area contributed by atoms with Crippen LogP contribution in [0.4, 0.5) is 0 Å². The van der Waals surface area contributed by atoms with Crippen LogP contribution < -0.4 is 10.1 Å². The normalized spacial score (nSPS) is 14.1. The minimum atomic E-state index is -0.306. The second-order valence-electron chi connectivity index (χ2n) is 5.63. The quantitative estimate of drug-likeness (QED) is 0.648. The second kappa shape index (κ2) is 7.28. The molecule has 1 N–H and O–H groups in total. The van der Waals surface area contributed by atoms with E-state index in [1.807, 2.05) is 42.6 Å². The van der Waals surface area contributed by atoms with Gasteiger partial charge in [0.2, 0.25) is 0 Å². The Hall–Kier alpha value is -2.65. The van der Waals surface area contributed by atoms with Gasteiger partial charge in [0.25, 0.3) is 5.91 Å². The molecule has 0 atom stereocenters. The molecule has 24 heavy (non-hydrogen) atoms. The van der Waals surface area contributed by atoms with Crippen molar-refractivity contribution >= 4 is 23.3 Å². The van der Waals surface area contributed by atoms with E-state index in [1.54, 1.807) is 17.4 Å². The number of amides is 1. The number of rotatable bonds is 6. The largest absolute Gasteiger partial charge is 0.487 e. The first kappa shape index (κ1) is 16.2. The Kier molecular flexibility index (Phi) is 4.92. The summed E-state index contributed by atoms with van der Waals surface area (Å²) in [6.07, 6.45) is 3.58. The van der Waals surface area contributed by atoms with Crippen LogP contribution in [0.25, 0.3) is 6.08 Å². The van der Waals surface area contributed by atoms with Crippen molar-refractivity contribution in [2.75, 3.05) is 0 Å². The molecule has 6 heteroatoms. The van der Waals surface area contributed by atoms with Crippen molar-refractivity contribution in [1.29, 1.82) is 5.26 Å². The minimum absolute atomic E-state index is 0.119. The number of nitrogens with zero attached hydrogens (tertiary/aromatic N) is 2. The van der Waals surface area contributed by atoms with Gasteiger partial charge in [0.05, 0.1) is 10.7 Å². The molecule has 1 aromatic heterocycles. The molecule has 0 unspecified atom stereocenters. The lowest BCUT2D eigenvalue weighted by Crippen LogP contribution is -2.26. The van der Waals surface area contributed by atoms with E-state index in [0.717, 1.165) is 34.9 Å². The Bertz CT molecular complexity index is 798. The van der Waals surface area contributed by atoms with Gasteiger partial charge in [-0.1, -0.05) is 12.1 Å². The maximum Gasteiger partial charge on any atom is 0.262 e. The van der Waals surface area contributed by atoms with E-state index >= 15 is 0 Å². The van der Waals surface area contributed by atoms with Crippen LogP contribution in [0.15, 0.2) is 35.2 Å². The third-order valence-electron chi connectivity index (χ3n) is 3.52. The van der Waals surface area contributed by atoms with E-state index in [2.05, 4.69) is 10.3 Å². The van der Waals surface area contributed by atoms with Crippen molar-refractivity contribution in [3.05, 3.63) is 51.5 Å². The summed E-state index contributed by atoms with van der Waals surface area (Å²) < 4.78 is 5.68. The summed E-state index contributed by atoms with van der Waals surface area (Å²) in [7, 11) is 0. The molecule has 3 rings (SSSR count). The van der Waals surface area contributed by atoms with Crippen molar-refractivity contribution in [1.82, 2.24) is 10.3 Å². The van der Waals surface area contributed by atoms with E-state index in [1.165, 1.54) is 0 Å². The zero-order valence-electron chi connectivity index (χ0n) is 13.3. The molecule has 122 valence electrons. The molecule has 0 aliphatic heterocycles. The van der Waals surface area contributed by atoms with E-state index in [4.69, 9.17) is 10.00 Å². The van der Waals surface area contributed by atoms with E-state index in [0.29, 0.717) is 6.61 Å². The molecular formula is C18H17N3O2S. The maximum atomic E-state index is 11.9. The van der Waals surface area contributed by atoms with Gasteiger partial charge in [-0.2, -0.15) is 5.26 Å². The van der Waals surface area contributed by atoms with Crippen LogP contribution >= 0.6 is 11.3 Å². The van der Waals surface area contributed by atoms with Crippen LogP contribution in [0, 0.1) is 18.3 Å². The van der Waals surface area contributed by atoms with Crippen molar-refractivity contribution in [3.63, 3.8) is 0 Å². The van der Waals surface area contributed by atoms with E-state index < -0.39 is 0 Å². The number of aryl methyl sites for hydroxylation is 1. The van der Waals surface area contributed by atoms with Gasteiger partial charge in [-0.25, -0.2) is 4.98 Å². The predicted octanol–water partition coefficient (Wildman–Crippen LogP) is 3.22. The van der Waals surface area contributed by atoms with Crippen LogP contribution in [-0.4, -0.2) is 16.9 Å². The summed E-state index contributed by atoms with van der Waals surface area (Å²) in [6, 6.07) is 9.48. The molecule has 1 saturated carbocycles. The highest BCUT2D eigenvalue weighted by atomic mass is 32.1. The molecule has 5 nitrogen and oxygen atoms in total. The van der Waals surface area contributed by atoms with Gasteiger partial charge in [-0.05, 0) is 43.5 Å². The van der Waals surface area contributed by atoms with Gasteiger partial charge >= 0.3 is 0 Å². The van der Waals surface area contributed by atoms with Gasteiger partial charge in [0.1, 0.15) is 24.0 Å². The number of carbonyl (C=O) groups is 1. The Balaban J connectivity index is 1.61. The first-order valence-corrected chi connectivity index (χ1v) is 8.58. The molecule has 1 heterocycles. The predicted molar refractivity (Wildman–Crippen MR) is 92.4 cm³/mol. The molecule has 0 radical (unpaired) electrons. The Labute approximate surface area is 144 Å². The molecule has 0 spiro atoms. The van der Waals surface area contributed by atoms with Gasteiger partial charge < -0.3 is 10.1 Å². The molecule has 2 aromatic rings. The monoisotopic (exact) mass is 339 g/mol. The fourth-order valence-electron chi connectivity index (χ4n) is 2.10. The highest BCUT2D eigenvalue weighted by Crippen LogP contribution is 2.20. The Morgan fingerprint density at radius 3 is 2.79 bits per heavy atom. The van der Waals surface area contributed by atoms with Gasteiger partial charge in [-0.3, -0.25) is 4.79 Å². The highest BCUT2D eigenvalue weighted by Gasteiger charge is 2.24. The first-order valence-electron chi connectivity index (χ1n) is 7.70. The van der Waals surface area contributed by atoms with Gasteiger partial charge in [0.15, 0.2) is 0 Å².